The predicted molar refractivity (Wildman–Crippen MR) is 65.5 cm³/mol. The Morgan fingerprint density at radius 2 is 1.94 bits per heavy atom. The summed E-state index contributed by atoms with van der Waals surface area (Å²) < 4.78 is 7.77. The van der Waals surface area contributed by atoms with Crippen molar-refractivity contribution in [3.05, 3.63) is 66.9 Å². The maximum atomic E-state index is 5.79. The highest BCUT2D eigenvalue weighted by atomic mass is 16.3. The van der Waals surface area contributed by atoms with E-state index in [4.69, 9.17) is 4.42 Å². The van der Waals surface area contributed by atoms with Gasteiger partial charge >= 0.3 is 0 Å². The fraction of sp³-hybridized carbons (Fsp3) is 0.0714. The Hall–Kier alpha value is -2.29. The van der Waals surface area contributed by atoms with E-state index in [1.807, 2.05) is 53.2 Å². The summed E-state index contributed by atoms with van der Waals surface area (Å²) in [4.78, 5) is 4.00. The smallest absolute Gasteiger partial charge is 0.134 e. The predicted octanol–water partition coefficient (Wildman–Crippen LogP) is 3.19. The maximum Gasteiger partial charge on any atom is 0.134 e. The van der Waals surface area contributed by atoms with Gasteiger partial charge in [-0.25, -0.2) is 4.98 Å². The zero-order valence-electron chi connectivity index (χ0n) is 9.28. The van der Waals surface area contributed by atoms with Gasteiger partial charge in [0.2, 0.25) is 0 Å². The van der Waals surface area contributed by atoms with E-state index in [1.165, 1.54) is 0 Å². The Morgan fingerprint density at radius 3 is 2.71 bits per heavy atom. The molecule has 84 valence electrons. The summed E-state index contributed by atoms with van der Waals surface area (Å²) in [6.45, 7) is 0.715. The topological polar surface area (TPSA) is 31.0 Å². The Labute approximate surface area is 99.3 Å². The van der Waals surface area contributed by atoms with Crippen LogP contribution in [0.2, 0.25) is 0 Å². The van der Waals surface area contributed by atoms with E-state index in [9.17, 15) is 0 Å². The minimum Gasteiger partial charge on any atom is -0.459 e. The molecule has 0 unspecified atom stereocenters. The van der Waals surface area contributed by atoms with Crippen LogP contribution >= 0.6 is 0 Å². The van der Waals surface area contributed by atoms with Crippen LogP contribution in [0, 0.1) is 0 Å². The fourth-order valence-corrected chi connectivity index (χ4v) is 1.78. The third kappa shape index (κ3) is 2.13. The number of aromatic nitrogens is 2. The van der Waals surface area contributed by atoms with Gasteiger partial charge in [-0.3, -0.25) is 0 Å². The molecule has 0 aliphatic heterocycles. The van der Waals surface area contributed by atoms with Gasteiger partial charge in [0.05, 0.1) is 12.9 Å². The highest BCUT2D eigenvalue weighted by Gasteiger charge is 2.04. The van der Waals surface area contributed by atoms with Gasteiger partial charge in [0, 0.05) is 18.0 Å². The van der Waals surface area contributed by atoms with Crippen molar-refractivity contribution in [3.8, 4) is 11.3 Å². The first-order valence-electron chi connectivity index (χ1n) is 5.52. The van der Waals surface area contributed by atoms with Crippen LogP contribution in [0.15, 0.2) is 65.6 Å². The van der Waals surface area contributed by atoms with E-state index >= 15 is 0 Å². The average molecular weight is 224 g/mol. The third-order valence-corrected chi connectivity index (χ3v) is 2.62. The lowest BCUT2D eigenvalue weighted by Gasteiger charge is -1.98. The average Bonchev–Trinajstić information content (AvgIpc) is 3.02. The molecule has 0 atom stereocenters. The number of nitrogens with zero attached hydrogens (tertiary/aromatic N) is 2. The summed E-state index contributed by atoms with van der Waals surface area (Å²) in [5, 5.41) is 0. The van der Waals surface area contributed by atoms with Crippen molar-refractivity contribution in [3.63, 3.8) is 0 Å². The molecule has 0 aliphatic rings. The van der Waals surface area contributed by atoms with Crippen LogP contribution in [0.1, 0.15) is 5.76 Å². The standard InChI is InChI=1S/C14H12N2O/c1-2-4-12(5-3-1)14-7-6-13(17-14)10-16-9-8-15-11-16/h1-9,11H,10H2. The normalized spacial score (nSPS) is 10.6. The van der Waals surface area contributed by atoms with Gasteiger partial charge < -0.3 is 8.98 Å². The molecule has 0 saturated heterocycles. The molecule has 3 heteroatoms. The van der Waals surface area contributed by atoms with Crippen molar-refractivity contribution in [2.24, 2.45) is 0 Å². The second-order valence-corrected chi connectivity index (χ2v) is 3.87. The molecule has 0 saturated carbocycles. The van der Waals surface area contributed by atoms with E-state index in [1.54, 1.807) is 12.5 Å². The van der Waals surface area contributed by atoms with Crippen LogP contribution in [0.25, 0.3) is 11.3 Å². The molecule has 3 nitrogen and oxygen atoms in total. The molecule has 0 aliphatic carbocycles. The van der Waals surface area contributed by atoms with Gasteiger partial charge in [-0.15, -0.1) is 0 Å². The van der Waals surface area contributed by atoms with E-state index in [0.717, 1.165) is 17.1 Å². The summed E-state index contributed by atoms with van der Waals surface area (Å²) in [5.41, 5.74) is 1.10. The van der Waals surface area contributed by atoms with Crippen molar-refractivity contribution in [1.29, 1.82) is 0 Å². The van der Waals surface area contributed by atoms with E-state index in [2.05, 4.69) is 4.98 Å². The first kappa shape index (κ1) is 9.90. The largest absolute Gasteiger partial charge is 0.459 e. The molecule has 0 N–H and O–H groups in total. The summed E-state index contributed by atoms with van der Waals surface area (Å²) in [7, 11) is 0. The van der Waals surface area contributed by atoms with Gasteiger partial charge in [-0.1, -0.05) is 30.3 Å². The van der Waals surface area contributed by atoms with Gasteiger partial charge in [-0.2, -0.15) is 0 Å². The lowest BCUT2D eigenvalue weighted by molar-refractivity contribution is 0.505. The van der Waals surface area contributed by atoms with E-state index < -0.39 is 0 Å². The van der Waals surface area contributed by atoms with Crippen LogP contribution < -0.4 is 0 Å². The molecule has 0 fully saturated rings. The highest BCUT2D eigenvalue weighted by Crippen LogP contribution is 2.21. The summed E-state index contributed by atoms with van der Waals surface area (Å²) >= 11 is 0. The molecule has 17 heavy (non-hydrogen) atoms. The number of rotatable bonds is 3. The number of furan rings is 1. The second kappa shape index (κ2) is 4.29. The maximum absolute atomic E-state index is 5.79. The van der Waals surface area contributed by atoms with Crippen LogP contribution in [-0.4, -0.2) is 9.55 Å². The molecular weight excluding hydrogens is 212 g/mol. The number of imidazole rings is 1. The van der Waals surface area contributed by atoms with Crippen molar-refractivity contribution in [2.75, 3.05) is 0 Å². The summed E-state index contributed by atoms with van der Waals surface area (Å²) in [6.07, 6.45) is 5.47. The van der Waals surface area contributed by atoms with Crippen LogP contribution in [0.4, 0.5) is 0 Å². The lowest BCUT2D eigenvalue weighted by Crippen LogP contribution is -1.93. The summed E-state index contributed by atoms with van der Waals surface area (Å²) in [6, 6.07) is 14.1. The minimum atomic E-state index is 0.715. The molecule has 2 aromatic heterocycles. The number of hydrogen-bond acceptors (Lipinski definition) is 2. The second-order valence-electron chi connectivity index (χ2n) is 3.87. The molecule has 3 rings (SSSR count). The van der Waals surface area contributed by atoms with Gasteiger partial charge in [0.25, 0.3) is 0 Å². The monoisotopic (exact) mass is 224 g/mol. The van der Waals surface area contributed by atoms with Crippen LogP contribution in [0.3, 0.4) is 0 Å². The van der Waals surface area contributed by atoms with E-state index in [0.29, 0.717) is 6.54 Å². The molecule has 3 aromatic rings. The first-order chi connectivity index (χ1) is 8.42. The SMILES string of the molecule is c1ccc(-c2ccc(Cn3ccnc3)o2)cc1. The molecule has 0 amide bonds. The van der Waals surface area contributed by atoms with Gasteiger partial charge in [-0.05, 0) is 12.1 Å². The lowest BCUT2D eigenvalue weighted by atomic mass is 10.2. The van der Waals surface area contributed by atoms with E-state index in [-0.39, 0.29) is 0 Å². The van der Waals surface area contributed by atoms with Crippen molar-refractivity contribution >= 4 is 0 Å². The molecule has 2 heterocycles. The Balaban J connectivity index is 1.84. The summed E-state index contributed by atoms with van der Waals surface area (Å²) in [5.74, 6) is 1.84. The molecule has 0 spiro atoms. The number of benzene rings is 1. The van der Waals surface area contributed by atoms with Crippen LogP contribution in [-0.2, 0) is 6.54 Å². The number of hydrogen-bond donors (Lipinski definition) is 0. The molecule has 0 radical (unpaired) electrons. The van der Waals surface area contributed by atoms with Crippen molar-refractivity contribution in [2.45, 2.75) is 6.54 Å². The van der Waals surface area contributed by atoms with Gasteiger partial charge in [0.1, 0.15) is 11.5 Å². The highest BCUT2D eigenvalue weighted by molar-refractivity contribution is 5.57. The zero-order chi connectivity index (χ0) is 11.5. The zero-order valence-corrected chi connectivity index (χ0v) is 9.28. The minimum absolute atomic E-state index is 0.715. The van der Waals surface area contributed by atoms with Crippen molar-refractivity contribution < 1.29 is 4.42 Å². The Bertz CT molecular complexity index is 582. The fourth-order valence-electron chi connectivity index (χ4n) is 1.78. The first-order valence-corrected chi connectivity index (χ1v) is 5.52. The van der Waals surface area contributed by atoms with Gasteiger partial charge in [0.15, 0.2) is 0 Å². The van der Waals surface area contributed by atoms with Crippen molar-refractivity contribution in [1.82, 2.24) is 9.55 Å². The molecule has 0 bridgehead atoms. The molecular formula is C14H12N2O. The third-order valence-electron chi connectivity index (χ3n) is 2.62. The Kier molecular flexibility index (Phi) is 2.50. The van der Waals surface area contributed by atoms with Crippen LogP contribution in [0.5, 0.6) is 0 Å². The molecule has 1 aromatic carbocycles. The Morgan fingerprint density at radius 1 is 1.06 bits per heavy atom. The quantitative estimate of drug-likeness (QED) is 0.684.